The molecule has 3 rings (SSSR count). The number of para-hydroxylation sites is 1. The van der Waals surface area contributed by atoms with Crippen LogP contribution < -0.4 is 4.74 Å². The van der Waals surface area contributed by atoms with Gasteiger partial charge in [-0.1, -0.05) is 32.0 Å². The Morgan fingerprint density at radius 1 is 1.28 bits per heavy atom. The number of ether oxygens (including phenoxy) is 1. The molecule has 0 aliphatic carbocycles. The van der Waals surface area contributed by atoms with Crippen LogP contribution in [0.25, 0.3) is 6.08 Å². The zero-order chi connectivity index (χ0) is 21.0. The van der Waals surface area contributed by atoms with Crippen molar-refractivity contribution in [2.75, 3.05) is 19.6 Å². The molecule has 0 saturated carbocycles. The van der Waals surface area contributed by atoms with E-state index >= 15 is 0 Å². The minimum atomic E-state index is -0.419. The van der Waals surface area contributed by atoms with Crippen LogP contribution in [0.2, 0.25) is 0 Å². The standard InChI is InChI=1S/C22H28N2O4S/c1-4-16(3)28-18-8-6-5-7-17(18)13-19-21(26)24(22(27)29-19)14-20(25)23-11-9-15(2)10-12-23/h5-8,13,15-16H,4,9-12,14H2,1-3H3/b19-13+/t16-/m0/s1. The van der Waals surface area contributed by atoms with Gasteiger partial charge in [-0.15, -0.1) is 0 Å². The van der Waals surface area contributed by atoms with E-state index in [4.69, 9.17) is 4.74 Å². The lowest BCUT2D eigenvalue weighted by Crippen LogP contribution is -2.45. The number of thioether (sulfide) groups is 1. The van der Waals surface area contributed by atoms with Crippen LogP contribution >= 0.6 is 11.8 Å². The van der Waals surface area contributed by atoms with Gasteiger partial charge in [0.05, 0.1) is 11.0 Å². The summed E-state index contributed by atoms with van der Waals surface area (Å²) in [5.41, 5.74) is 0.745. The third-order valence-corrected chi connectivity index (χ3v) is 6.32. The number of likely N-dealkylation sites (tertiary alicyclic amines) is 1. The SMILES string of the molecule is CC[C@H](C)Oc1ccccc1/C=C1/SC(=O)N(CC(=O)N2CCC(C)CC2)C1=O. The van der Waals surface area contributed by atoms with Gasteiger partial charge in [-0.2, -0.15) is 0 Å². The number of carbonyl (C=O) groups excluding carboxylic acids is 3. The number of hydrogen-bond acceptors (Lipinski definition) is 5. The second-order valence-electron chi connectivity index (χ2n) is 7.71. The summed E-state index contributed by atoms with van der Waals surface area (Å²) in [6.07, 6.45) is 4.50. The Bertz CT molecular complexity index is 815. The fourth-order valence-corrected chi connectivity index (χ4v) is 4.11. The van der Waals surface area contributed by atoms with Crippen LogP contribution in [0.1, 0.15) is 45.6 Å². The van der Waals surface area contributed by atoms with Crippen molar-refractivity contribution in [2.45, 2.75) is 46.1 Å². The lowest BCUT2D eigenvalue weighted by molar-refractivity contribution is -0.136. The Morgan fingerprint density at radius 3 is 2.66 bits per heavy atom. The Morgan fingerprint density at radius 2 is 1.97 bits per heavy atom. The van der Waals surface area contributed by atoms with Crippen LogP contribution in [-0.2, 0) is 9.59 Å². The first-order valence-corrected chi connectivity index (χ1v) is 11.0. The first kappa shape index (κ1) is 21.4. The molecule has 2 fully saturated rings. The second-order valence-corrected chi connectivity index (χ2v) is 8.70. The summed E-state index contributed by atoms with van der Waals surface area (Å²) in [6.45, 7) is 7.38. The third kappa shape index (κ3) is 5.21. The van der Waals surface area contributed by atoms with E-state index in [-0.39, 0.29) is 18.6 Å². The van der Waals surface area contributed by atoms with Crippen molar-refractivity contribution in [3.05, 3.63) is 34.7 Å². The molecule has 2 aliphatic rings. The zero-order valence-electron chi connectivity index (χ0n) is 17.2. The van der Waals surface area contributed by atoms with E-state index in [2.05, 4.69) is 6.92 Å². The molecule has 0 radical (unpaired) electrons. The summed E-state index contributed by atoms with van der Waals surface area (Å²) in [5.74, 6) is 0.696. The molecule has 1 aromatic carbocycles. The van der Waals surface area contributed by atoms with Gasteiger partial charge in [0.1, 0.15) is 12.3 Å². The predicted octanol–water partition coefficient (Wildman–Crippen LogP) is 4.16. The van der Waals surface area contributed by atoms with Gasteiger partial charge < -0.3 is 9.64 Å². The van der Waals surface area contributed by atoms with Crippen molar-refractivity contribution in [2.24, 2.45) is 5.92 Å². The van der Waals surface area contributed by atoms with E-state index in [1.165, 1.54) is 0 Å². The first-order valence-electron chi connectivity index (χ1n) is 10.2. The summed E-state index contributed by atoms with van der Waals surface area (Å²) in [6, 6.07) is 7.44. The van der Waals surface area contributed by atoms with Crippen molar-refractivity contribution in [3.63, 3.8) is 0 Å². The molecule has 2 heterocycles. The molecule has 0 unspecified atom stereocenters. The lowest BCUT2D eigenvalue weighted by atomic mass is 9.99. The summed E-state index contributed by atoms with van der Waals surface area (Å²) in [5, 5.41) is -0.402. The molecule has 3 amide bonds. The molecular weight excluding hydrogens is 388 g/mol. The highest BCUT2D eigenvalue weighted by Gasteiger charge is 2.37. The first-order chi connectivity index (χ1) is 13.9. The van der Waals surface area contributed by atoms with Gasteiger partial charge in [0.25, 0.3) is 11.1 Å². The minimum absolute atomic E-state index is 0.0458. The number of carbonyl (C=O) groups is 3. The minimum Gasteiger partial charge on any atom is -0.490 e. The molecule has 2 aliphatic heterocycles. The maximum absolute atomic E-state index is 12.8. The van der Waals surface area contributed by atoms with E-state index in [9.17, 15) is 14.4 Å². The average molecular weight is 417 g/mol. The van der Waals surface area contributed by atoms with E-state index in [1.807, 2.05) is 38.1 Å². The molecule has 2 saturated heterocycles. The van der Waals surface area contributed by atoms with Gasteiger partial charge in [-0.05, 0) is 56.0 Å². The summed E-state index contributed by atoms with van der Waals surface area (Å²) < 4.78 is 5.92. The summed E-state index contributed by atoms with van der Waals surface area (Å²) in [4.78, 5) is 40.8. The van der Waals surface area contributed by atoms with Crippen LogP contribution in [0.4, 0.5) is 4.79 Å². The molecule has 7 heteroatoms. The quantitative estimate of drug-likeness (QED) is 0.652. The van der Waals surface area contributed by atoms with Gasteiger partial charge in [-0.3, -0.25) is 19.3 Å². The van der Waals surface area contributed by atoms with Gasteiger partial charge in [0.15, 0.2) is 0 Å². The molecule has 0 spiro atoms. The lowest BCUT2D eigenvalue weighted by Gasteiger charge is -2.31. The zero-order valence-corrected chi connectivity index (χ0v) is 18.0. The van der Waals surface area contributed by atoms with E-state index < -0.39 is 11.1 Å². The fraction of sp³-hybridized carbons (Fsp3) is 0.500. The molecule has 0 N–H and O–H groups in total. The summed E-state index contributed by atoms with van der Waals surface area (Å²) >= 11 is 0.871. The Hall–Kier alpha value is -2.28. The van der Waals surface area contributed by atoms with E-state index in [1.54, 1.807) is 11.0 Å². The van der Waals surface area contributed by atoms with Crippen molar-refractivity contribution < 1.29 is 19.1 Å². The number of imide groups is 1. The molecule has 6 nitrogen and oxygen atoms in total. The number of amides is 3. The van der Waals surface area contributed by atoms with Crippen LogP contribution in [0, 0.1) is 5.92 Å². The molecular formula is C22H28N2O4S. The second kappa shape index (κ2) is 9.48. The molecule has 1 aromatic rings. The molecule has 0 aromatic heterocycles. The topological polar surface area (TPSA) is 66.9 Å². The maximum Gasteiger partial charge on any atom is 0.294 e. The van der Waals surface area contributed by atoms with E-state index in [0.717, 1.165) is 41.5 Å². The van der Waals surface area contributed by atoms with Crippen molar-refractivity contribution in [1.29, 1.82) is 0 Å². The van der Waals surface area contributed by atoms with Gasteiger partial charge in [-0.25, -0.2) is 0 Å². The van der Waals surface area contributed by atoms with Crippen molar-refractivity contribution in [1.82, 2.24) is 9.80 Å². The van der Waals surface area contributed by atoms with Crippen molar-refractivity contribution >= 4 is 34.9 Å². The van der Waals surface area contributed by atoms with Gasteiger partial charge >= 0.3 is 0 Å². The Kier molecular flexibility index (Phi) is 7.00. The van der Waals surface area contributed by atoms with Gasteiger partial charge in [0.2, 0.25) is 5.91 Å². The van der Waals surface area contributed by atoms with Crippen LogP contribution in [0.15, 0.2) is 29.2 Å². The van der Waals surface area contributed by atoms with Crippen molar-refractivity contribution in [3.8, 4) is 5.75 Å². The highest BCUT2D eigenvalue weighted by molar-refractivity contribution is 8.18. The van der Waals surface area contributed by atoms with Crippen LogP contribution in [-0.4, -0.2) is 52.6 Å². The highest BCUT2D eigenvalue weighted by atomic mass is 32.2. The number of piperidine rings is 1. The predicted molar refractivity (Wildman–Crippen MR) is 114 cm³/mol. The molecule has 156 valence electrons. The monoisotopic (exact) mass is 416 g/mol. The number of benzene rings is 1. The largest absolute Gasteiger partial charge is 0.490 e. The highest BCUT2D eigenvalue weighted by Crippen LogP contribution is 2.34. The number of nitrogens with zero attached hydrogens (tertiary/aromatic N) is 2. The average Bonchev–Trinajstić information content (AvgIpc) is 2.97. The molecule has 0 bridgehead atoms. The molecule has 29 heavy (non-hydrogen) atoms. The maximum atomic E-state index is 12.8. The smallest absolute Gasteiger partial charge is 0.294 e. The van der Waals surface area contributed by atoms with Gasteiger partial charge in [0, 0.05) is 18.7 Å². The van der Waals surface area contributed by atoms with Crippen LogP contribution in [0.3, 0.4) is 0 Å². The summed E-state index contributed by atoms with van der Waals surface area (Å²) in [7, 11) is 0. The molecule has 1 atom stereocenters. The van der Waals surface area contributed by atoms with E-state index in [0.29, 0.717) is 29.7 Å². The number of hydrogen-bond donors (Lipinski definition) is 0. The Labute approximate surface area is 176 Å². The Balaban J connectivity index is 1.71. The fourth-order valence-electron chi connectivity index (χ4n) is 3.28. The third-order valence-electron chi connectivity index (χ3n) is 5.41. The van der Waals surface area contributed by atoms with Crippen LogP contribution in [0.5, 0.6) is 5.75 Å². The number of rotatable bonds is 6. The normalized spacial score (nSPS) is 20.4.